The van der Waals surface area contributed by atoms with Gasteiger partial charge in [-0.15, -0.1) is 0 Å². The van der Waals surface area contributed by atoms with Gasteiger partial charge >= 0.3 is 0 Å². The van der Waals surface area contributed by atoms with Crippen molar-refractivity contribution in [2.75, 3.05) is 24.3 Å². The second kappa shape index (κ2) is 6.37. The molecule has 0 saturated heterocycles. The van der Waals surface area contributed by atoms with Gasteiger partial charge in [0.2, 0.25) is 0 Å². The molecule has 0 unspecified atom stereocenters. The summed E-state index contributed by atoms with van der Waals surface area (Å²) >= 11 is 6.28. The van der Waals surface area contributed by atoms with Crippen LogP contribution in [0.15, 0.2) is 53.3 Å². The largest absolute Gasteiger partial charge is 0.387 e. The molecule has 0 aliphatic heterocycles. The van der Waals surface area contributed by atoms with Crippen molar-refractivity contribution in [3.63, 3.8) is 0 Å². The fourth-order valence-electron chi connectivity index (χ4n) is 2.70. The van der Waals surface area contributed by atoms with Crippen LogP contribution >= 0.6 is 11.6 Å². The van der Waals surface area contributed by atoms with Gasteiger partial charge in [0.25, 0.3) is 11.5 Å². The maximum atomic E-state index is 12.9. The zero-order chi connectivity index (χ0) is 17.3. The lowest BCUT2D eigenvalue weighted by atomic mass is 10.1. The Bertz CT molecular complexity index is 967. The first-order valence-electron chi connectivity index (χ1n) is 7.40. The summed E-state index contributed by atoms with van der Waals surface area (Å²) in [6, 6.07) is 14.4. The third kappa shape index (κ3) is 2.63. The van der Waals surface area contributed by atoms with E-state index in [0.29, 0.717) is 27.3 Å². The number of fused-ring (bicyclic) bond motifs is 1. The molecule has 1 amide bonds. The quantitative estimate of drug-likeness (QED) is 0.766. The van der Waals surface area contributed by atoms with Gasteiger partial charge in [-0.3, -0.25) is 9.59 Å². The van der Waals surface area contributed by atoms with E-state index >= 15 is 0 Å². The molecule has 3 aromatic rings. The van der Waals surface area contributed by atoms with Crippen molar-refractivity contribution in [2.45, 2.75) is 0 Å². The smallest absolute Gasteiger partial charge is 0.265 e. The van der Waals surface area contributed by atoms with Crippen molar-refractivity contribution in [3.8, 4) is 0 Å². The number of hydrogen-bond acceptors (Lipinski definition) is 3. The van der Waals surface area contributed by atoms with Crippen LogP contribution in [-0.4, -0.2) is 25.0 Å². The third-order valence-electron chi connectivity index (χ3n) is 3.90. The zero-order valence-corrected chi connectivity index (χ0v) is 14.0. The molecule has 122 valence electrons. The predicted octanol–water partition coefficient (Wildman–Crippen LogP) is 3.50. The number of halogens is 1. The highest BCUT2D eigenvalue weighted by Gasteiger charge is 2.23. The van der Waals surface area contributed by atoms with E-state index in [1.54, 1.807) is 44.4 Å². The first-order valence-corrected chi connectivity index (χ1v) is 7.77. The van der Waals surface area contributed by atoms with E-state index < -0.39 is 11.5 Å². The van der Waals surface area contributed by atoms with Crippen molar-refractivity contribution in [3.05, 3.63) is 69.5 Å². The number of aromatic amines is 1. The van der Waals surface area contributed by atoms with Gasteiger partial charge in [0.15, 0.2) is 0 Å². The molecule has 0 aliphatic rings. The summed E-state index contributed by atoms with van der Waals surface area (Å²) in [6.45, 7) is 0. The number of carbonyl (C=O) groups is 1. The summed E-state index contributed by atoms with van der Waals surface area (Å²) in [4.78, 5) is 29.6. The average Bonchev–Trinajstić information content (AvgIpc) is 2.60. The number of aromatic nitrogens is 1. The Morgan fingerprint density at radius 1 is 1.12 bits per heavy atom. The van der Waals surface area contributed by atoms with E-state index in [9.17, 15) is 9.59 Å². The maximum absolute atomic E-state index is 12.9. The Kier molecular flexibility index (Phi) is 4.27. The summed E-state index contributed by atoms with van der Waals surface area (Å²) in [5, 5.41) is 4.03. The number of para-hydroxylation sites is 1. The van der Waals surface area contributed by atoms with Crippen LogP contribution in [0.25, 0.3) is 10.9 Å². The number of amides is 1. The number of H-pyrrole nitrogens is 1. The van der Waals surface area contributed by atoms with Crippen LogP contribution in [0.3, 0.4) is 0 Å². The number of carbonyl (C=O) groups excluding carboxylic acids is 1. The van der Waals surface area contributed by atoms with Gasteiger partial charge in [-0.25, -0.2) is 0 Å². The lowest BCUT2D eigenvalue weighted by Gasteiger charge is -2.19. The van der Waals surface area contributed by atoms with Gasteiger partial charge in [-0.2, -0.15) is 0 Å². The topological polar surface area (TPSA) is 65.2 Å². The monoisotopic (exact) mass is 341 g/mol. The summed E-state index contributed by atoms with van der Waals surface area (Å²) in [5.41, 5.74) is 1.28. The van der Waals surface area contributed by atoms with Crippen LogP contribution in [0.5, 0.6) is 0 Å². The zero-order valence-electron chi connectivity index (χ0n) is 13.3. The number of nitrogens with zero attached hydrogens (tertiary/aromatic N) is 1. The molecule has 0 bridgehead atoms. The van der Waals surface area contributed by atoms with Gasteiger partial charge in [-0.05, 0) is 24.3 Å². The molecule has 0 aliphatic carbocycles. The van der Waals surface area contributed by atoms with Gasteiger partial charge in [0, 0.05) is 25.2 Å². The number of anilines is 2. The summed E-state index contributed by atoms with van der Waals surface area (Å²) in [7, 11) is 3.30. The first kappa shape index (κ1) is 16.1. The molecule has 6 heteroatoms. The minimum absolute atomic E-state index is 0.0319. The van der Waals surface area contributed by atoms with E-state index in [2.05, 4.69) is 10.3 Å². The molecular formula is C18H16ClN3O2. The van der Waals surface area contributed by atoms with Crippen molar-refractivity contribution in [2.24, 2.45) is 0 Å². The lowest BCUT2D eigenvalue weighted by molar-refractivity contribution is 0.0992. The number of hydrogen-bond donors (Lipinski definition) is 2. The molecule has 24 heavy (non-hydrogen) atoms. The van der Waals surface area contributed by atoms with Crippen LogP contribution in [0.1, 0.15) is 10.4 Å². The number of pyridine rings is 1. The van der Waals surface area contributed by atoms with Gasteiger partial charge in [0.1, 0.15) is 5.56 Å². The van der Waals surface area contributed by atoms with E-state index in [0.717, 1.165) is 0 Å². The number of benzene rings is 2. The highest BCUT2D eigenvalue weighted by molar-refractivity contribution is 6.37. The maximum Gasteiger partial charge on any atom is 0.265 e. The van der Waals surface area contributed by atoms with E-state index in [1.165, 1.54) is 4.90 Å². The fourth-order valence-corrected chi connectivity index (χ4v) is 2.97. The van der Waals surface area contributed by atoms with Crippen LogP contribution < -0.4 is 15.8 Å². The minimum Gasteiger partial charge on any atom is -0.387 e. The highest BCUT2D eigenvalue weighted by Crippen LogP contribution is 2.31. The number of nitrogens with one attached hydrogen (secondary N) is 2. The molecule has 0 radical (unpaired) electrons. The summed E-state index contributed by atoms with van der Waals surface area (Å²) in [5.74, 6) is -0.409. The fraction of sp³-hybridized carbons (Fsp3) is 0.111. The van der Waals surface area contributed by atoms with Crippen LogP contribution in [0.2, 0.25) is 5.02 Å². The highest BCUT2D eigenvalue weighted by atomic mass is 35.5. The second-order valence-electron chi connectivity index (χ2n) is 5.32. The van der Waals surface area contributed by atoms with Crippen molar-refractivity contribution in [1.82, 2.24) is 4.98 Å². The van der Waals surface area contributed by atoms with Crippen LogP contribution in [-0.2, 0) is 0 Å². The Balaban J connectivity index is 2.22. The molecule has 0 atom stereocenters. The second-order valence-corrected chi connectivity index (χ2v) is 5.72. The van der Waals surface area contributed by atoms with E-state index in [4.69, 9.17) is 11.6 Å². The Labute approximate surface area is 143 Å². The van der Waals surface area contributed by atoms with Crippen LogP contribution in [0, 0.1) is 0 Å². The van der Waals surface area contributed by atoms with Crippen LogP contribution in [0.4, 0.5) is 11.4 Å². The standard InChI is InChI=1S/C18H16ClN3O2/c1-20-16-14-12(19)9-6-10-13(14)21-17(23)15(16)18(24)22(2)11-7-4-3-5-8-11/h3-10H,1-2H3,(H2,20,21,23). The molecule has 0 saturated carbocycles. The van der Waals surface area contributed by atoms with Gasteiger partial charge in [0.05, 0.1) is 16.2 Å². The Morgan fingerprint density at radius 3 is 2.50 bits per heavy atom. The lowest BCUT2D eigenvalue weighted by Crippen LogP contribution is -2.32. The normalized spacial score (nSPS) is 10.6. The van der Waals surface area contributed by atoms with Crippen molar-refractivity contribution < 1.29 is 4.79 Å². The summed E-state index contributed by atoms with van der Waals surface area (Å²) in [6.07, 6.45) is 0. The molecule has 2 N–H and O–H groups in total. The Hall–Kier alpha value is -2.79. The molecule has 1 heterocycles. The van der Waals surface area contributed by atoms with E-state index in [1.807, 2.05) is 18.2 Å². The van der Waals surface area contributed by atoms with Gasteiger partial charge < -0.3 is 15.2 Å². The molecule has 2 aromatic carbocycles. The summed E-state index contributed by atoms with van der Waals surface area (Å²) < 4.78 is 0. The molecule has 1 aromatic heterocycles. The molecular weight excluding hydrogens is 326 g/mol. The van der Waals surface area contributed by atoms with Crippen molar-refractivity contribution in [1.29, 1.82) is 0 Å². The molecule has 0 spiro atoms. The average molecular weight is 342 g/mol. The third-order valence-corrected chi connectivity index (χ3v) is 4.22. The van der Waals surface area contributed by atoms with Crippen molar-refractivity contribution >= 4 is 39.8 Å². The first-order chi connectivity index (χ1) is 11.5. The molecule has 3 rings (SSSR count). The predicted molar refractivity (Wildman–Crippen MR) is 98.3 cm³/mol. The van der Waals surface area contributed by atoms with E-state index in [-0.39, 0.29) is 5.56 Å². The Morgan fingerprint density at radius 2 is 1.83 bits per heavy atom. The minimum atomic E-state index is -0.457. The van der Waals surface area contributed by atoms with Gasteiger partial charge in [-0.1, -0.05) is 35.9 Å². The molecule has 5 nitrogen and oxygen atoms in total. The number of rotatable bonds is 3. The molecule has 0 fully saturated rings. The SMILES string of the molecule is CNc1c(C(=O)N(C)c2ccccc2)c(=O)[nH]c2cccc(Cl)c12.